The van der Waals surface area contributed by atoms with Gasteiger partial charge in [0.15, 0.2) is 0 Å². The topological polar surface area (TPSA) is 9.23 Å². The minimum atomic E-state index is -1.51. The van der Waals surface area contributed by atoms with Crippen molar-refractivity contribution in [3.8, 4) is 0 Å². The molecule has 1 aromatic carbocycles. The van der Waals surface area contributed by atoms with E-state index in [1.807, 2.05) is 11.8 Å². The van der Waals surface area contributed by atoms with E-state index < -0.39 is 8.32 Å². The van der Waals surface area contributed by atoms with E-state index in [0.29, 0.717) is 5.92 Å². The van der Waals surface area contributed by atoms with Crippen molar-refractivity contribution in [2.45, 2.75) is 39.9 Å². The van der Waals surface area contributed by atoms with Crippen molar-refractivity contribution in [1.29, 1.82) is 0 Å². The monoisotopic (exact) mass is 294 g/mol. The molecule has 19 heavy (non-hydrogen) atoms. The number of thioether (sulfide) groups is 1. The molecule has 0 bridgehead atoms. The lowest BCUT2D eigenvalue weighted by atomic mass is 10.2. The van der Waals surface area contributed by atoms with Crippen LogP contribution in [0.3, 0.4) is 0 Å². The smallest absolute Gasteiger partial charge is 0.242 e. The molecule has 0 saturated heterocycles. The zero-order chi connectivity index (χ0) is 14.3. The van der Waals surface area contributed by atoms with E-state index in [-0.39, 0.29) is 0 Å². The first-order chi connectivity index (χ1) is 8.87. The van der Waals surface area contributed by atoms with Crippen molar-refractivity contribution in [1.82, 2.24) is 0 Å². The van der Waals surface area contributed by atoms with Gasteiger partial charge in [-0.05, 0) is 43.6 Å². The van der Waals surface area contributed by atoms with E-state index in [4.69, 9.17) is 4.43 Å². The van der Waals surface area contributed by atoms with Crippen LogP contribution in [-0.4, -0.2) is 14.1 Å². The van der Waals surface area contributed by atoms with Crippen LogP contribution in [-0.2, 0) is 10.8 Å². The number of aryl methyl sites for hydroxylation is 1. The van der Waals surface area contributed by atoms with Crippen LogP contribution in [0.15, 0.2) is 41.5 Å². The maximum atomic E-state index is 6.15. The summed E-state index contributed by atoms with van der Waals surface area (Å²) >= 11 is 1.85. The lowest BCUT2D eigenvalue weighted by Gasteiger charge is -2.22. The second-order valence-corrected chi connectivity index (χ2v) is 11.6. The first kappa shape index (κ1) is 16.4. The first-order valence-corrected chi connectivity index (χ1v) is 11.3. The van der Waals surface area contributed by atoms with Crippen molar-refractivity contribution in [2.75, 3.05) is 5.75 Å². The third-order valence-electron chi connectivity index (χ3n) is 2.35. The van der Waals surface area contributed by atoms with Gasteiger partial charge >= 0.3 is 0 Å². The molecule has 0 N–H and O–H groups in total. The summed E-state index contributed by atoms with van der Waals surface area (Å²) in [5.41, 5.74) is 1.40. The minimum absolute atomic E-state index is 0.538. The van der Waals surface area contributed by atoms with E-state index in [2.05, 4.69) is 69.9 Å². The highest BCUT2D eigenvalue weighted by Gasteiger charge is 2.18. The van der Waals surface area contributed by atoms with Crippen LogP contribution in [0.4, 0.5) is 0 Å². The third kappa shape index (κ3) is 8.17. The standard InChI is InChI=1S/C16H26OSSi/c1-14(2)13-16(17-19(3,4)5)18-12-11-15-9-7-6-8-10-15/h6-10,13-14H,11-12H2,1-5H3/b16-13-. The fourth-order valence-corrected chi connectivity index (χ4v) is 4.16. The van der Waals surface area contributed by atoms with Crippen molar-refractivity contribution in [3.63, 3.8) is 0 Å². The van der Waals surface area contributed by atoms with Gasteiger partial charge in [-0.25, -0.2) is 0 Å². The normalized spacial score (nSPS) is 12.8. The average molecular weight is 295 g/mol. The Morgan fingerprint density at radius 2 is 1.84 bits per heavy atom. The summed E-state index contributed by atoms with van der Waals surface area (Å²) in [4.78, 5) is 0. The highest BCUT2D eigenvalue weighted by Crippen LogP contribution is 2.24. The lowest BCUT2D eigenvalue weighted by Crippen LogP contribution is -2.24. The summed E-state index contributed by atoms with van der Waals surface area (Å²) in [5, 5.41) is 1.12. The summed E-state index contributed by atoms with van der Waals surface area (Å²) in [6, 6.07) is 10.6. The van der Waals surface area contributed by atoms with Gasteiger partial charge in [-0.1, -0.05) is 55.9 Å². The molecule has 0 radical (unpaired) electrons. The number of allylic oxidation sites excluding steroid dienone is 1. The SMILES string of the molecule is CC(C)/C=C(/O[Si](C)(C)C)SCCc1ccccc1. The summed E-state index contributed by atoms with van der Waals surface area (Å²) in [6.45, 7) is 11.1. The highest BCUT2D eigenvalue weighted by molar-refractivity contribution is 8.02. The average Bonchev–Trinajstić information content (AvgIpc) is 2.27. The van der Waals surface area contributed by atoms with Crippen molar-refractivity contribution >= 4 is 20.1 Å². The predicted molar refractivity (Wildman–Crippen MR) is 90.0 cm³/mol. The van der Waals surface area contributed by atoms with Crippen molar-refractivity contribution < 1.29 is 4.43 Å². The van der Waals surface area contributed by atoms with E-state index in [1.54, 1.807) is 0 Å². The van der Waals surface area contributed by atoms with Crippen molar-refractivity contribution in [2.24, 2.45) is 5.92 Å². The van der Waals surface area contributed by atoms with Crippen LogP contribution >= 0.6 is 11.8 Å². The third-order valence-corrected chi connectivity index (χ3v) is 4.25. The number of rotatable bonds is 7. The largest absolute Gasteiger partial charge is 0.540 e. The molecule has 0 fully saturated rings. The Kier molecular flexibility index (Phi) is 6.73. The first-order valence-electron chi connectivity index (χ1n) is 6.94. The molecule has 106 valence electrons. The Hall–Kier alpha value is -0.673. The van der Waals surface area contributed by atoms with Gasteiger partial charge < -0.3 is 4.43 Å². The number of hydrogen-bond donors (Lipinski definition) is 0. The molecule has 1 aromatic rings. The molecular weight excluding hydrogens is 268 g/mol. The predicted octanol–water partition coefficient (Wildman–Crippen LogP) is 5.31. The molecule has 3 heteroatoms. The zero-order valence-electron chi connectivity index (χ0n) is 12.8. The van der Waals surface area contributed by atoms with E-state index in [9.17, 15) is 0 Å². The Bertz CT molecular complexity index is 393. The molecular formula is C16H26OSSi. The Morgan fingerprint density at radius 1 is 1.21 bits per heavy atom. The van der Waals surface area contributed by atoms with Gasteiger partial charge in [-0.15, -0.1) is 0 Å². The van der Waals surface area contributed by atoms with E-state index >= 15 is 0 Å². The summed E-state index contributed by atoms with van der Waals surface area (Å²) in [6.07, 6.45) is 3.34. The summed E-state index contributed by atoms with van der Waals surface area (Å²) in [5.74, 6) is 1.61. The van der Waals surface area contributed by atoms with Crippen LogP contribution in [0.5, 0.6) is 0 Å². The van der Waals surface area contributed by atoms with Crippen molar-refractivity contribution in [3.05, 3.63) is 47.1 Å². The molecule has 0 heterocycles. The van der Waals surface area contributed by atoms with Gasteiger partial charge in [-0.2, -0.15) is 0 Å². The van der Waals surface area contributed by atoms with E-state index in [0.717, 1.165) is 17.3 Å². The molecule has 1 rings (SSSR count). The molecule has 0 atom stereocenters. The molecule has 0 aliphatic heterocycles. The lowest BCUT2D eigenvalue weighted by molar-refractivity contribution is 0.457. The van der Waals surface area contributed by atoms with Crippen LogP contribution in [0.1, 0.15) is 19.4 Å². The maximum Gasteiger partial charge on any atom is 0.242 e. The molecule has 0 aromatic heterocycles. The van der Waals surface area contributed by atoms with Gasteiger partial charge in [0, 0.05) is 5.75 Å². The molecule has 0 unspecified atom stereocenters. The number of hydrogen-bond acceptors (Lipinski definition) is 2. The summed E-state index contributed by atoms with van der Waals surface area (Å²) < 4.78 is 6.15. The fourth-order valence-electron chi connectivity index (χ4n) is 1.60. The second-order valence-electron chi connectivity index (χ2n) is 6.03. The zero-order valence-corrected chi connectivity index (χ0v) is 14.6. The van der Waals surface area contributed by atoms with Gasteiger partial charge in [0.05, 0.1) is 0 Å². The van der Waals surface area contributed by atoms with Gasteiger partial charge in [0.1, 0.15) is 5.09 Å². The van der Waals surface area contributed by atoms with E-state index in [1.165, 1.54) is 5.56 Å². The molecule has 0 aliphatic rings. The summed E-state index contributed by atoms with van der Waals surface area (Å²) in [7, 11) is -1.51. The second kappa shape index (κ2) is 7.80. The highest BCUT2D eigenvalue weighted by atomic mass is 32.2. The van der Waals surface area contributed by atoms with Crippen LogP contribution in [0.2, 0.25) is 19.6 Å². The molecule has 0 spiro atoms. The molecule has 0 aliphatic carbocycles. The molecule has 0 amide bonds. The van der Waals surface area contributed by atoms with Gasteiger partial charge in [0.25, 0.3) is 0 Å². The van der Waals surface area contributed by atoms with Gasteiger partial charge in [0.2, 0.25) is 8.32 Å². The Labute approximate surface area is 123 Å². The molecule has 1 nitrogen and oxygen atoms in total. The Morgan fingerprint density at radius 3 is 2.37 bits per heavy atom. The molecule has 0 saturated carbocycles. The van der Waals surface area contributed by atoms with Crippen LogP contribution in [0, 0.1) is 5.92 Å². The van der Waals surface area contributed by atoms with Crippen LogP contribution < -0.4 is 0 Å². The van der Waals surface area contributed by atoms with Crippen LogP contribution in [0.25, 0.3) is 0 Å². The van der Waals surface area contributed by atoms with Gasteiger partial charge in [-0.3, -0.25) is 0 Å². The maximum absolute atomic E-state index is 6.15. The number of benzene rings is 1. The minimum Gasteiger partial charge on any atom is -0.540 e. The Balaban J connectivity index is 2.50. The fraction of sp³-hybridized carbons (Fsp3) is 0.500. The quantitative estimate of drug-likeness (QED) is 0.498.